The van der Waals surface area contributed by atoms with Gasteiger partial charge in [-0.2, -0.15) is 0 Å². The van der Waals surface area contributed by atoms with E-state index >= 15 is 0 Å². The summed E-state index contributed by atoms with van der Waals surface area (Å²) in [4.78, 5) is 8.93. The summed E-state index contributed by atoms with van der Waals surface area (Å²) < 4.78 is 5.13. The summed E-state index contributed by atoms with van der Waals surface area (Å²) in [6, 6.07) is 2.22. The number of hydrogen-bond acceptors (Lipinski definition) is 6. The maximum atomic E-state index is 9.42. The van der Waals surface area contributed by atoms with Crippen molar-refractivity contribution in [3.8, 4) is 0 Å². The topological polar surface area (TPSA) is 79.3 Å². The average molecular weight is 294 g/mol. The van der Waals surface area contributed by atoms with E-state index in [4.69, 9.17) is 4.74 Å². The summed E-state index contributed by atoms with van der Waals surface area (Å²) in [6.07, 6.45) is 4.35. The summed E-state index contributed by atoms with van der Waals surface area (Å²) in [5.74, 6) is 2.61. The number of aliphatic hydroxyl groups excluding tert-OH is 1. The molecule has 1 saturated carbocycles. The third kappa shape index (κ3) is 4.54. The standard InChI is InChI=1S/C15H26N4O2/c1-3-7-16-13-8-14(19-15(18-13)10-21-2)17-12-6-4-5-11(12)9-20/h8,11-12,20H,3-7,9-10H2,1-2H3,(H2,16,17,18,19). The van der Waals surface area contributed by atoms with E-state index in [0.29, 0.717) is 24.4 Å². The molecule has 6 heteroatoms. The molecule has 0 spiro atoms. The molecule has 0 saturated heterocycles. The maximum Gasteiger partial charge on any atom is 0.158 e. The van der Waals surface area contributed by atoms with E-state index in [1.807, 2.05) is 6.07 Å². The van der Waals surface area contributed by atoms with Crippen molar-refractivity contribution in [1.29, 1.82) is 0 Å². The Balaban J connectivity index is 2.10. The Bertz CT molecular complexity index is 442. The summed E-state index contributed by atoms with van der Waals surface area (Å²) >= 11 is 0. The Labute approximate surface area is 126 Å². The highest BCUT2D eigenvalue weighted by molar-refractivity contribution is 5.48. The van der Waals surface area contributed by atoms with E-state index < -0.39 is 0 Å². The van der Waals surface area contributed by atoms with Crippen LogP contribution in [-0.2, 0) is 11.3 Å². The van der Waals surface area contributed by atoms with Crippen LogP contribution >= 0.6 is 0 Å². The first-order chi connectivity index (χ1) is 10.3. The maximum absolute atomic E-state index is 9.42. The van der Waals surface area contributed by atoms with Crippen molar-refractivity contribution in [2.45, 2.75) is 45.3 Å². The van der Waals surface area contributed by atoms with Gasteiger partial charge in [-0.25, -0.2) is 9.97 Å². The highest BCUT2D eigenvalue weighted by Crippen LogP contribution is 2.28. The number of ether oxygens (including phenoxy) is 1. The van der Waals surface area contributed by atoms with E-state index in [0.717, 1.165) is 43.9 Å². The molecule has 1 heterocycles. The molecule has 0 amide bonds. The molecule has 1 aromatic heterocycles. The number of rotatable bonds is 8. The molecule has 0 radical (unpaired) electrons. The first kappa shape index (κ1) is 16.0. The van der Waals surface area contributed by atoms with E-state index in [9.17, 15) is 5.11 Å². The fourth-order valence-electron chi connectivity index (χ4n) is 2.74. The van der Waals surface area contributed by atoms with Gasteiger partial charge in [0.2, 0.25) is 0 Å². The summed E-state index contributed by atoms with van der Waals surface area (Å²) in [6.45, 7) is 3.62. The number of aromatic nitrogens is 2. The van der Waals surface area contributed by atoms with Gasteiger partial charge in [-0.05, 0) is 19.3 Å². The van der Waals surface area contributed by atoms with Gasteiger partial charge in [0, 0.05) is 38.3 Å². The lowest BCUT2D eigenvalue weighted by molar-refractivity contribution is 0.178. The number of methoxy groups -OCH3 is 1. The molecule has 0 bridgehead atoms. The predicted molar refractivity (Wildman–Crippen MR) is 83.4 cm³/mol. The molecular weight excluding hydrogens is 268 g/mol. The number of aliphatic hydroxyl groups is 1. The molecule has 0 aromatic carbocycles. The molecule has 2 atom stereocenters. The summed E-state index contributed by atoms with van der Waals surface area (Å²) in [5.41, 5.74) is 0. The fourth-order valence-corrected chi connectivity index (χ4v) is 2.74. The summed E-state index contributed by atoms with van der Waals surface area (Å²) in [7, 11) is 1.64. The van der Waals surface area contributed by atoms with Crippen LogP contribution in [0.3, 0.4) is 0 Å². The predicted octanol–water partition coefficient (Wildman–Crippen LogP) is 2.02. The number of nitrogens with zero attached hydrogens (tertiary/aromatic N) is 2. The molecule has 118 valence electrons. The van der Waals surface area contributed by atoms with Crippen molar-refractivity contribution in [1.82, 2.24) is 9.97 Å². The zero-order valence-corrected chi connectivity index (χ0v) is 12.9. The van der Waals surface area contributed by atoms with Gasteiger partial charge in [-0.15, -0.1) is 0 Å². The van der Waals surface area contributed by atoms with Crippen LogP contribution < -0.4 is 10.6 Å². The number of hydrogen-bond donors (Lipinski definition) is 3. The van der Waals surface area contributed by atoms with Crippen molar-refractivity contribution in [3.63, 3.8) is 0 Å². The molecule has 21 heavy (non-hydrogen) atoms. The van der Waals surface area contributed by atoms with Gasteiger partial charge >= 0.3 is 0 Å². The first-order valence-electron chi connectivity index (χ1n) is 7.75. The molecule has 1 aliphatic carbocycles. The highest BCUT2D eigenvalue weighted by Gasteiger charge is 2.26. The van der Waals surface area contributed by atoms with Gasteiger partial charge in [-0.1, -0.05) is 13.3 Å². The molecule has 1 aliphatic rings. The van der Waals surface area contributed by atoms with Crippen LogP contribution in [-0.4, -0.2) is 41.4 Å². The third-order valence-corrected chi connectivity index (χ3v) is 3.83. The molecule has 1 aromatic rings. The van der Waals surface area contributed by atoms with E-state index in [2.05, 4.69) is 27.5 Å². The van der Waals surface area contributed by atoms with Crippen LogP contribution in [0.5, 0.6) is 0 Å². The SMILES string of the molecule is CCCNc1cc(NC2CCCC2CO)nc(COC)n1. The molecule has 2 unspecified atom stereocenters. The largest absolute Gasteiger partial charge is 0.396 e. The lowest BCUT2D eigenvalue weighted by atomic mass is 10.1. The van der Waals surface area contributed by atoms with E-state index in [-0.39, 0.29) is 6.61 Å². The van der Waals surface area contributed by atoms with Gasteiger partial charge in [-0.3, -0.25) is 0 Å². The van der Waals surface area contributed by atoms with Crippen LogP contribution in [0.1, 0.15) is 38.4 Å². The minimum atomic E-state index is 0.231. The quantitative estimate of drug-likeness (QED) is 0.681. The van der Waals surface area contributed by atoms with Crippen LogP contribution in [0.4, 0.5) is 11.6 Å². The first-order valence-corrected chi connectivity index (χ1v) is 7.75. The molecule has 6 nitrogen and oxygen atoms in total. The second-order valence-electron chi connectivity index (χ2n) is 5.54. The normalized spacial score (nSPS) is 21.5. The second-order valence-corrected chi connectivity index (χ2v) is 5.54. The molecule has 1 fully saturated rings. The van der Waals surface area contributed by atoms with E-state index in [1.54, 1.807) is 7.11 Å². The zero-order chi connectivity index (χ0) is 15.1. The molecule has 0 aliphatic heterocycles. The van der Waals surface area contributed by atoms with Gasteiger partial charge in [0.1, 0.15) is 18.2 Å². The minimum absolute atomic E-state index is 0.231. The van der Waals surface area contributed by atoms with Gasteiger partial charge in [0.25, 0.3) is 0 Å². The van der Waals surface area contributed by atoms with Crippen LogP contribution in [0.2, 0.25) is 0 Å². The van der Waals surface area contributed by atoms with Crippen molar-refractivity contribution < 1.29 is 9.84 Å². The van der Waals surface area contributed by atoms with Crippen molar-refractivity contribution in [2.75, 3.05) is 30.9 Å². The highest BCUT2D eigenvalue weighted by atomic mass is 16.5. The van der Waals surface area contributed by atoms with Gasteiger partial charge in [0.05, 0.1) is 0 Å². The van der Waals surface area contributed by atoms with Gasteiger partial charge in [0.15, 0.2) is 5.82 Å². The average Bonchev–Trinajstić information content (AvgIpc) is 2.92. The van der Waals surface area contributed by atoms with Crippen molar-refractivity contribution in [2.24, 2.45) is 5.92 Å². The fraction of sp³-hybridized carbons (Fsp3) is 0.733. The molecule has 2 rings (SSSR count). The Hall–Kier alpha value is -1.40. The van der Waals surface area contributed by atoms with Crippen molar-refractivity contribution >= 4 is 11.6 Å². The second kappa shape index (κ2) is 8.14. The Morgan fingerprint density at radius 1 is 1.33 bits per heavy atom. The monoisotopic (exact) mass is 294 g/mol. The zero-order valence-electron chi connectivity index (χ0n) is 12.9. The van der Waals surface area contributed by atoms with Crippen LogP contribution in [0.25, 0.3) is 0 Å². The Morgan fingerprint density at radius 3 is 2.86 bits per heavy atom. The third-order valence-electron chi connectivity index (χ3n) is 3.83. The smallest absolute Gasteiger partial charge is 0.158 e. The lowest BCUT2D eigenvalue weighted by Gasteiger charge is -2.20. The van der Waals surface area contributed by atoms with E-state index in [1.165, 1.54) is 0 Å². The minimum Gasteiger partial charge on any atom is -0.396 e. The Kier molecular flexibility index (Phi) is 6.20. The number of anilines is 2. The van der Waals surface area contributed by atoms with Crippen molar-refractivity contribution in [3.05, 3.63) is 11.9 Å². The number of nitrogens with one attached hydrogen (secondary N) is 2. The Morgan fingerprint density at radius 2 is 2.14 bits per heavy atom. The molecular formula is C15H26N4O2. The molecule has 3 N–H and O–H groups in total. The van der Waals surface area contributed by atoms with Gasteiger partial charge < -0.3 is 20.5 Å². The lowest BCUT2D eigenvalue weighted by Crippen LogP contribution is -2.27. The van der Waals surface area contributed by atoms with Crippen LogP contribution in [0.15, 0.2) is 6.07 Å². The summed E-state index contributed by atoms with van der Waals surface area (Å²) in [5, 5.41) is 16.2. The van der Waals surface area contributed by atoms with Crippen LogP contribution in [0, 0.1) is 5.92 Å².